The Morgan fingerprint density at radius 2 is 1.82 bits per heavy atom. The molecule has 0 saturated carbocycles. The normalized spacial score (nSPS) is 18.1. The molecule has 1 aliphatic rings. The molecule has 2 N–H and O–H groups in total. The molecule has 1 heterocycles. The molecule has 1 aromatic carbocycles. The Labute approximate surface area is 108 Å². The predicted octanol–water partition coefficient (Wildman–Crippen LogP) is 2.11. The van der Waals surface area contributed by atoms with E-state index < -0.39 is 11.4 Å². The zero-order valence-electron chi connectivity index (χ0n) is 9.69. The highest BCUT2D eigenvalue weighted by Crippen LogP contribution is 2.33. The van der Waals surface area contributed by atoms with E-state index >= 15 is 0 Å². The lowest BCUT2D eigenvalue weighted by molar-refractivity contribution is -0.150. The van der Waals surface area contributed by atoms with Crippen molar-refractivity contribution in [3.05, 3.63) is 35.9 Å². The number of halogens is 1. The second kappa shape index (κ2) is 6.03. The van der Waals surface area contributed by atoms with Crippen LogP contribution in [-0.4, -0.2) is 24.2 Å². The summed E-state index contributed by atoms with van der Waals surface area (Å²) >= 11 is 0. The van der Waals surface area contributed by atoms with Gasteiger partial charge in [-0.3, -0.25) is 4.79 Å². The highest BCUT2D eigenvalue weighted by molar-refractivity contribution is 5.85. The third-order valence-electron chi connectivity index (χ3n) is 3.40. The van der Waals surface area contributed by atoms with Crippen LogP contribution in [0.3, 0.4) is 0 Å². The van der Waals surface area contributed by atoms with Crippen molar-refractivity contribution in [2.75, 3.05) is 13.1 Å². The number of piperidine rings is 1. The summed E-state index contributed by atoms with van der Waals surface area (Å²) in [5.74, 6) is -0.655. The van der Waals surface area contributed by atoms with E-state index in [2.05, 4.69) is 5.32 Å². The topological polar surface area (TPSA) is 49.3 Å². The highest BCUT2D eigenvalue weighted by atomic mass is 35.5. The second-order valence-electron chi connectivity index (χ2n) is 4.50. The molecule has 1 fully saturated rings. The number of aliphatic carboxylic acids is 1. The molecule has 1 saturated heterocycles. The number of benzene rings is 1. The Bertz CT molecular complexity index is 361. The number of hydrogen-bond acceptors (Lipinski definition) is 2. The molecule has 94 valence electrons. The van der Waals surface area contributed by atoms with Crippen molar-refractivity contribution in [1.82, 2.24) is 5.32 Å². The van der Waals surface area contributed by atoms with E-state index in [1.165, 1.54) is 0 Å². The van der Waals surface area contributed by atoms with Crippen LogP contribution in [0, 0.1) is 5.41 Å². The average Bonchev–Trinajstić information content (AvgIpc) is 2.31. The monoisotopic (exact) mass is 255 g/mol. The van der Waals surface area contributed by atoms with Gasteiger partial charge in [0.2, 0.25) is 0 Å². The fourth-order valence-electron chi connectivity index (χ4n) is 2.36. The van der Waals surface area contributed by atoms with Gasteiger partial charge in [-0.15, -0.1) is 12.4 Å². The Balaban J connectivity index is 0.00000144. The zero-order valence-corrected chi connectivity index (χ0v) is 10.5. The van der Waals surface area contributed by atoms with Gasteiger partial charge < -0.3 is 10.4 Å². The molecular formula is C13H18ClNO2. The number of nitrogens with one attached hydrogen (secondary N) is 1. The Morgan fingerprint density at radius 3 is 2.35 bits per heavy atom. The first kappa shape index (κ1) is 14.0. The lowest BCUT2D eigenvalue weighted by atomic mass is 9.74. The zero-order chi connectivity index (χ0) is 11.4. The number of carboxylic acids is 1. The molecule has 0 aromatic heterocycles. The molecule has 0 radical (unpaired) electrons. The molecule has 0 atom stereocenters. The standard InChI is InChI=1S/C13H17NO2.ClH/c15-12(16)13(6-8-14-9-7-13)10-11-4-2-1-3-5-11;/h1-5,14H,6-10H2,(H,15,16);1H. The first-order chi connectivity index (χ1) is 7.73. The van der Waals surface area contributed by atoms with Crippen LogP contribution in [0.2, 0.25) is 0 Å². The highest BCUT2D eigenvalue weighted by Gasteiger charge is 2.39. The van der Waals surface area contributed by atoms with Crippen molar-refractivity contribution in [1.29, 1.82) is 0 Å². The molecule has 0 bridgehead atoms. The smallest absolute Gasteiger partial charge is 0.310 e. The molecule has 0 spiro atoms. The maximum Gasteiger partial charge on any atom is 0.310 e. The average molecular weight is 256 g/mol. The van der Waals surface area contributed by atoms with Gasteiger partial charge in [0.25, 0.3) is 0 Å². The van der Waals surface area contributed by atoms with Gasteiger partial charge in [0.15, 0.2) is 0 Å². The Kier molecular flexibility index (Phi) is 4.97. The van der Waals surface area contributed by atoms with Crippen LogP contribution in [-0.2, 0) is 11.2 Å². The summed E-state index contributed by atoms with van der Waals surface area (Å²) in [7, 11) is 0. The van der Waals surface area contributed by atoms with Gasteiger partial charge in [0.1, 0.15) is 0 Å². The number of rotatable bonds is 3. The van der Waals surface area contributed by atoms with Crippen LogP contribution in [0.15, 0.2) is 30.3 Å². The van der Waals surface area contributed by atoms with Crippen LogP contribution in [0.4, 0.5) is 0 Å². The maximum absolute atomic E-state index is 11.5. The van der Waals surface area contributed by atoms with Gasteiger partial charge in [-0.05, 0) is 37.9 Å². The largest absolute Gasteiger partial charge is 0.481 e. The summed E-state index contributed by atoms with van der Waals surface area (Å²) in [5, 5.41) is 12.6. The molecule has 0 aliphatic carbocycles. The van der Waals surface area contributed by atoms with E-state index in [9.17, 15) is 9.90 Å². The maximum atomic E-state index is 11.5. The van der Waals surface area contributed by atoms with Gasteiger partial charge in [-0.25, -0.2) is 0 Å². The molecule has 4 heteroatoms. The van der Waals surface area contributed by atoms with Gasteiger partial charge in [0.05, 0.1) is 5.41 Å². The third-order valence-corrected chi connectivity index (χ3v) is 3.40. The number of carboxylic acid groups (broad SMARTS) is 1. The molecule has 0 amide bonds. The first-order valence-electron chi connectivity index (χ1n) is 5.71. The number of hydrogen-bond donors (Lipinski definition) is 2. The molecule has 3 nitrogen and oxygen atoms in total. The van der Waals surface area contributed by atoms with E-state index in [0.717, 1.165) is 31.5 Å². The van der Waals surface area contributed by atoms with Gasteiger partial charge in [-0.1, -0.05) is 30.3 Å². The second-order valence-corrected chi connectivity index (χ2v) is 4.50. The van der Waals surface area contributed by atoms with Crippen LogP contribution in [0.5, 0.6) is 0 Å². The summed E-state index contributed by atoms with van der Waals surface area (Å²) in [6, 6.07) is 9.90. The van der Waals surface area contributed by atoms with Crippen molar-refractivity contribution in [2.24, 2.45) is 5.41 Å². The van der Waals surface area contributed by atoms with Crippen LogP contribution in [0.25, 0.3) is 0 Å². The fourth-order valence-corrected chi connectivity index (χ4v) is 2.36. The lowest BCUT2D eigenvalue weighted by Gasteiger charge is -2.33. The third kappa shape index (κ3) is 3.20. The van der Waals surface area contributed by atoms with E-state index in [0.29, 0.717) is 6.42 Å². The van der Waals surface area contributed by atoms with E-state index in [-0.39, 0.29) is 12.4 Å². The van der Waals surface area contributed by atoms with Gasteiger partial charge in [-0.2, -0.15) is 0 Å². The summed E-state index contributed by atoms with van der Waals surface area (Å²) < 4.78 is 0. The molecule has 2 rings (SSSR count). The van der Waals surface area contributed by atoms with E-state index in [1.54, 1.807) is 0 Å². The molecule has 1 aliphatic heterocycles. The first-order valence-corrected chi connectivity index (χ1v) is 5.71. The summed E-state index contributed by atoms with van der Waals surface area (Å²) in [5.41, 5.74) is 0.555. The molecule has 1 aromatic rings. The molecule has 0 unspecified atom stereocenters. The fraction of sp³-hybridized carbons (Fsp3) is 0.462. The van der Waals surface area contributed by atoms with Crippen molar-refractivity contribution >= 4 is 18.4 Å². The summed E-state index contributed by atoms with van der Waals surface area (Å²) in [4.78, 5) is 11.5. The van der Waals surface area contributed by atoms with E-state index in [1.807, 2.05) is 30.3 Å². The van der Waals surface area contributed by atoms with Crippen LogP contribution < -0.4 is 5.32 Å². The lowest BCUT2D eigenvalue weighted by Crippen LogP contribution is -2.43. The predicted molar refractivity (Wildman–Crippen MR) is 69.6 cm³/mol. The van der Waals surface area contributed by atoms with Crippen molar-refractivity contribution < 1.29 is 9.90 Å². The SMILES string of the molecule is Cl.O=C(O)C1(Cc2ccccc2)CCNCC1. The minimum atomic E-state index is -0.655. The van der Waals surface area contributed by atoms with Crippen molar-refractivity contribution in [3.8, 4) is 0 Å². The van der Waals surface area contributed by atoms with Crippen LogP contribution in [0.1, 0.15) is 18.4 Å². The Hall–Kier alpha value is -1.06. The van der Waals surface area contributed by atoms with Gasteiger partial charge in [0, 0.05) is 0 Å². The van der Waals surface area contributed by atoms with Crippen molar-refractivity contribution in [2.45, 2.75) is 19.3 Å². The van der Waals surface area contributed by atoms with E-state index in [4.69, 9.17) is 0 Å². The Morgan fingerprint density at radius 1 is 1.24 bits per heavy atom. The van der Waals surface area contributed by atoms with Crippen LogP contribution >= 0.6 is 12.4 Å². The van der Waals surface area contributed by atoms with Gasteiger partial charge >= 0.3 is 5.97 Å². The molecule has 17 heavy (non-hydrogen) atoms. The number of carbonyl (C=O) groups is 1. The quantitative estimate of drug-likeness (QED) is 0.870. The summed E-state index contributed by atoms with van der Waals surface area (Å²) in [6.07, 6.45) is 2.08. The van der Waals surface area contributed by atoms with Crippen molar-refractivity contribution in [3.63, 3.8) is 0 Å². The summed E-state index contributed by atoms with van der Waals surface area (Å²) in [6.45, 7) is 1.61. The molecular weight excluding hydrogens is 238 g/mol. The minimum Gasteiger partial charge on any atom is -0.481 e. The minimum absolute atomic E-state index is 0.